The number of halogens is 3. The number of alkyl halides is 3. The van der Waals surface area contributed by atoms with Gasteiger partial charge < -0.3 is 15.7 Å². The molecule has 0 aliphatic carbocycles. The minimum Gasteiger partial charge on any atom is -0.394 e. The van der Waals surface area contributed by atoms with Crippen molar-refractivity contribution in [2.45, 2.75) is 19.1 Å². The van der Waals surface area contributed by atoms with E-state index in [0.29, 0.717) is 0 Å². The first kappa shape index (κ1) is 14.3. The lowest BCUT2D eigenvalue weighted by molar-refractivity contribution is -0.137. The number of hydrogen-bond donors (Lipinski definition) is 3. The Kier molecular flexibility index (Phi) is 4.55. The van der Waals surface area contributed by atoms with Gasteiger partial charge in [0.1, 0.15) is 0 Å². The molecule has 0 saturated carbocycles. The van der Waals surface area contributed by atoms with Gasteiger partial charge in [-0.05, 0) is 31.2 Å². The van der Waals surface area contributed by atoms with Crippen LogP contribution in [0.2, 0.25) is 0 Å². The molecule has 0 heterocycles. The maximum Gasteiger partial charge on any atom is 0.416 e. The maximum atomic E-state index is 12.3. The Hall–Kier alpha value is -1.76. The van der Waals surface area contributed by atoms with Crippen LogP contribution in [0.3, 0.4) is 0 Å². The Morgan fingerprint density at radius 2 is 1.89 bits per heavy atom. The molecule has 0 unspecified atom stereocenters. The summed E-state index contributed by atoms with van der Waals surface area (Å²) in [5.41, 5.74) is -0.539. The van der Waals surface area contributed by atoms with Gasteiger partial charge >= 0.3 is 12.2 Å². The number of benzene rings is 1. The monoisotopic (exact) mass is 262 g/mol. The zero-order valence-corrected chi connectivity index (χ0v) is 9.58. The summed E-state index contributed by atoms with van der Waals surface area (Å²) >= 11 is 0. The van der Waals surface area contributed by atoms with E-state index in [2.05, 4.69) is 10.6 Å². The summed E-state index contributed by atoms with van der Waals surface area (Å²) in [6.07, 6.45) is -4.40. The molecule has 3 N–H and O–H groups in total. The van der Waals surface area contributed by atoms with Crippen molar-refractivity contribution >= 4 is 11.7 Å². The van der Waals surface area contributed by atoms with E-state index in [1.54, 1.807) is 6.92 Å². The van der Waals surface area contributed by atoms with Crippen LogP contribution in [0.25, 0.3) is 0 Å². The number of rotatable bonds is 3. The van der Waals surface area contributed by atoms with Gasteiger partial charge in [-0.3, -0.25) is 0 Å². The molecule has 0 aliphatic rings. The summed E-state index contributed by atoms with van der Waals surface area (Å²) in [4.78, 5) is 11.3. The van der Waals surface area contributed by atoms with Crippen LogP contribution in [0.15, 0.2) is 24.3 Å². The molecule has 0 saturated heterocycles. The highest BCUT2D eigenvalue weighted by Gasteiger charge is 2.29. The normalized spacial score (nSPS) is 12.9. The molecule has 2 amide bonds. The fourth-order valence-electron chi connectivity index (χ4n) is 1.18. The number of urea groups is 1. The Labute approximate surface area is 102 Å². The predicted octanol–water partition coefficient (Wildman–Crippen LogP) is 2.21. The third kappa shape index (κ3) is 4.25. The molecule has 1 rings (SSSR count). The topological polar surface area (TPSA) is 61.4 Å². The van der Waals surface area contributed by atoms with Gasteiger partial charge in [0.25, 0.3) is 0 Å². The zero-order valence-electron chi connectivity index (χ0n) is 9.58. The zero-order chi connectivity index (χ0) is 13.8. The SMILES string of the molecule is C[C@@H](CO)NC(=O)Nc1ccc(C(F)(F)F)cc1. The number of amides is 2. The third-order valence-electron chi connectivity index (χ3n) is 2.12. The number of anilines is 1. The van der Waals surface area contributed by atoms with E-state index in [-0.39, 0.29) is 12.3 Å². The smallest absolute Gasteiger partial charge is 0.394 e. The Bertz CT molecular complexity index is 404. The third-order valence-corrected chi connectivity index (χ3v) is 2.12. The highest BCUT2D eigenvalue weighted by atomic mass is 19.4. The molecule has 0 fully saturated rings. The second-order valence-corrected chi connectivity index (χ2v) is 3.76. The van der Waals surface area contributed by atoms with Gasteiger partial charge in [-0.2, -0.15) is 13.2 Å². The summed E-state index contributed by atoms with van der Waals surface area (Å²) in [7, 11) is 0. The maximum absolute atomic E-state index is 12.3. The van der Waals surface area contributed by atoms with Gasteiger partial charge in [0, 0.05) is 5.69 Å². The van der Waals surface area contributed by atoms with Crippen molar-refractivity contribution in [1.29, 1.82) is 0 Å². The average Bonchev–Trinajstić information content (AvgIpc) is 2.28. The van der Waals surface area contributed by atoms with E-state index < -0.39 is 23.8 Å². The van der Waals surface area contributed by atoms with Crippen LogP contribution in [0.4, 0.5) is 23.7 Å². The van der Waals surface area contributed by atoms with Crippen molar-refractivity contribution in [3.63, 3.8) is 0 Å². The Morgan fingerprint density at radius 3 is 2.33 bits per heavy atom. The van der Waals surface area contributed by atoms with E-state index >= 15 is 0 Å². The number of nitrogens with one attached hydrogen (secondary N) is 2. The van der Waals surface area contributed by atoms with Crippen molar-refractivity contribution in [2.75, 3.05) is 11.9 Å². The summed E-state index contributed by atoms with van der Waals surface area (Å²) in [5, 5.41) is 13.5. The summed E-state index contributed by atoms with van der Waals surface area (Å²) in [6.45, 7) is 1.37. The molecule has 0 bridgehead atoms. The molecular weight excluding hydrogens is 249 g/mol. The van der Waals surface area contributed by atoms with E-state index in [1.165, 1.54) is 0 Å². The Morgan fingerprint density at radius 1 is 1.33 bits per heavy atom. The predicted molar refractivity (Wildman–Crippen MR) is 60.1 cm³/mol. The van der Waals surface area contributed by atoms with Gasteiger partial charge in [0.15, 0.2) is 0 Å². The first-order valence-corrected chi connectivity index (χ1v) is 5.18. The quantitative estimate of drug-likeness (QED) is 0.782. The van der Waals surface area contributed by atoms with Crippen LogP contribution in [-0.4, -0.2) is 23.8 Å². The second-order valence-electron chi connectivity index (χ2n) is 3.76. The molecule has 1 atom stereocenters. The molecule has 0 spiro atoms. The lowest BCUT2D eigenvalue weighted by Crippen LogP contribution is -2.38. The number of aliphatic hydroxyl groups is 1. The number of carbonyl (C=O) groups is 1. The number of hydrogen-bond acceptors (Lipinski definition) is 2. The van der Waals surface area contributed by atoms with Crippen LogP contribution in [0.5, 0.6) is 0 Å². The van der Waals surface area contributed by atoms with Gasteiger partial charge in [-0.15, -0.1) is 0 Å². The van der Waals surface area contributed by atoms with Crippen LogP contribution in [0, 0.1) is 0 Å². The van der Waals surface area contributed by atoms with Crippen molar-refractivity contribution in [2.24, 2.45) is 0 Å². The van der Waals surface area contributed by atoms with Crippen molar-refractivity contribution in [3.8, 4) is 0 Å². The van der Waals surface area contributed by atoms with Gasteiger partial charge in [0.05, 0.1) is 18.2 Å². The molecular formula is C11H13F3N2O2. The molecule has 0 radical (unpaired) electrons. The van der Waals surface area contributed by atoms with E-state index in [1.807, 2.05) is 0 Å². The standard InChI is InChI=1S/C11H13F3N2O2/c1-7(6-17)15-10(18)16-9-4-2-8(3-5-9)11(12,13)14/h2-5,7,17H,6H2,1H3,(H2,15,16,18)/t7-/m0/s1. The lowest BCUT2D eigenvalue weighted by Gasteiger charge is -2.12. The molecule has 18 heavy (non-hydrogen) atoms. The fraction of sp³-hybridized carbons (Fsp3) is 0.364. The average molecular weight is 262 g/mol. The van der Waals surface area contributed by atoms with Crippen molar-refractivity contribution in [3.05, 3.63) is 29.8 Å². The Balaban J connectivity index is 2.61. The van der Waals surface area contributed by atoms with E-state index in [9.17, 15) is 18.0 Å². The first-order valence-electron chi connectivity index (χ1n) is 5.18. The highest BCUT2D eigenvalue weighted by Crippen LogP contribution is 2.29. The lowest BCUT2D eigenvalue weighted by atomic mass is 10.2. The number of carbonyl (C=O) groups excluding carboxylic acids is 1. The number of aliphatic hydroxyl groups excluding tert-OH is 1. The van der Waals surface area contributed by atoms with Crippen LogP contribution in [0.1, 0.15) is 12.5 Å². The van der Waals surface area contributed by atoms with E-state index in [0.717, 1.165) is 24.3 Å². The molecule has 0 aliphatic heterocycles. The van der Waals surface area contributed by atoms with Gasteiger partial charge in [-0.1, -0.05) is 0 Å². The minimum atomic E-state index is -4.40. The summed E-state index contributed by atoms with van der Waals surface area (Å²) in [5.74, 6) is 0. The summed E-state index contributed by atoms with van der Waals surface area (Å²) in [6, 6.07) is 3.06. The molecule has 4 nitrogen and oxygen atoms in total. The first-order chi connectivity index (χ1) is 8.32. The molecule has 0 aromatic heterocycles. The van der Waals surface area contributed by atoms with E-state index in [4.69, 9.17) is 5.11 Å². The molecule has 100 valence electrons. The van der Waals surface area contributed by atoms with Crippen LogP contribution in [-0.2, 0) is 6.18 Å². The highest BCUT2D eigenvalue weighted by molar-refractivity contribution is 5.89. The minimum absolute atomic E-state index is 0.222. The van der Waals surface area contributed by atoms with Crippen LogP contribution < -0.4 is 10.6 Å². The van der Waals surface area contributed by atoms with Crippen LogP contribution >= 0.6 is 0 Å². The van der Waals surface area contributed by atoms with Crippen molar-refractivity contribution in [1.82, 2.24) is 5.32 Å². The van der Waals surface area contributed by atoms with Gasteiger partial charge in [0.2, 0.25) is 0 Å². The van der Waals surface area contributed by atoms with Crippen molar-refractivity contribution < 1.29 is 23.1 Å². The van der Waals surface area contributed by atoms with Gasteiger partial charge in [-0.25, -0.2) is 4.79 Å². The fourth-order valence-corrected chi connectivity index (χ4v) is 1.18. The molecule has 7 heteroatoms. The largest absolute Gasteiger partial charge is 0.416 e. The molecule has 1 aromatic carbocycles. The second kappa shape index (κ2) is 5.72. The molecule has 1 aromatic rings. The summed E-state index contributed by atoms with van der Waals surface area (Å²) < 4.78 is 36.8.